The fourth-order valence-electron chi connectivity index (χ4n) is 4.80. The van der Waals surface area contributed by atoms with Gasteiger partial charge in [0.2, 0.25) is 11.8 Å². The largest absolute Gasteiger partial charge is 0.368 e. The third-order valence-corrected chi connectivity index (χ3v) is 6.59. The predicted molar refractivity (Wildman–Crippen MR) is 139 cm³/mol. The molecule has 1 aromatic carbocycles. The Morgan fingerprint density at radius 3 is 2.54 bits per heavy atom. The van der Waals surface area contributed by atoms with Gasteiger partial charge in [0, 0.05) is 49.4 Å². The molecule has 5 amide bonds. The molecule has 0 aliphatic carbocycles. The Morgan fingerprint density at radius 2 is 1.86 bits per heavy atom. The third-order valence-electron chi connectivity index (χ3n) is 6.59. The monoisotopic (exact) mass is 507 g/mol. The summed E-state index contributed by atoms with van der Waals surface area (Å²) >= 11 is 0. The topological polar surface area (TPSA) is 154 Å². The van der Waals surface area contributed by atoms with Crippen molar-refractivity contribution in [1.82, 2.24) is 30.4 Å². The fraction of sp³-hybridized carbons (Fsp3) is 0.385. The lowest BCUT2D eigenvalue weighted by atomic mass is 10.0. The minimum absolute atomic E-state index is 0.106. The molecule has 4 rings (SSSR count). The number of carbonyl (C=O) groups is 4. The van der Waals surface area contributed by atoms with Gasteiger partial charge in [0.25, 0.3) is 5.91 Å². The fourth-order valence-corrected chi connectivity index (χ4v) is 4.80. The van der Waals surface area contributed by atoms with E-state index in [0.29, 0.717) is 12.1 Å². The van der Waals surface area contributed by atoms with Crippen molar-refractivity contribution in [1.29, 1.82) is 0 Å². The summed E-state index contributed by atoms with van der Waals surface area (Å²) in [6, 6.07) is 7.83. The molecule has 0 bridgehead atoms. The summed E-state index contributed by atoms with van der Waals surface area (Å²) in [6.07, 6.45) is 4.08. The summed E-state index contributed by atoms with van der Waals surface area (Å²) in [5, 5.41) is 9.25. The molecule has 1 saturated heterocycles. The van der Waals surface area contributed by atoms with Crippen LogP contribution < -0.4 is 21.7 Å². The maximum absolute atomic E-state index is 13.6. The number of primary amides is 1. The van der Waals surface area contributed by atoms with Crippen molar-refractivity contribution < 1.29 is 19.2 Å². The van der Waals surface area contributed by atoms with Crippen molar-refractivity contribution in [2.45, 2.75) is 50.9 Å². The van der Waals surface area contributed by atoms with Crippen LogP contribution in [0.15, 0.2) is 48.8 Å². The smallest absolute Gasteiger partial charge is 0.315 e. The van der Waals surface area contributed by atoms with Gasteiger partial charge in [-0.2, -0.15) is 0 Å². The number of aromatic nitrogens is 2. The number of nitrogens with zero attached hydrogens (tertiary/aromatic N) is 2. The van der Waals surface area contributed by atoms with E-state index in [2.05, 4.69) is 20.9 Å². The molecule has 11 nitrogen and oxygen atoms in total. The number of rotatable bonds is 8. The van der Waals surface area contributed by atoms with Crippen molar-refractivity contribution in [3.63, 3.8) is 0 Å². The zero-order chi connectivity index (χ0) is 26.7. The highest BCUT2D eigenvalue weighted by molar-refractivity contribution is 5.98. The van der Waals surface area contributed by atoms with Gasteiger partial charge in [0.05, 0.1) is 6.04 Å². The molecule has 11 heteroatoms. The van der Waals surface area contributed by atoms with Gasteiger partial charge in [-0.05, 0) is 44.0 Å². The Bertz CT molecular complexity index is 1310. The number of H-pyrrole nitrogens is 1. The van der Waals surface area contributed by atoms with Crippen molar-refractivity contribution >= 4 is 34.7 Å². The van der Waals surface area contributed by atoms with E-state index in [1.165, 1.54) is 4.90 Å². The van der Waals surface area contributed by atoms with Gasteiger partial charge < -0.3 is 36.1 Å². The SMILES string of the molecule is CC(C)NC(=O)NC1CCN(C(=O)c2cccn2C)C1C(=O)NC(Cc1c[nH]c2ccccc12)C(N)=O. The quantitative estimate of drug-likeness (QED) is 0.309. The van der Waals surface area contributed by atoms with Crippen molar-refractivity contribution in [2.24, 2.45) is 12.8 Å². The molecule has 2 aromatic heterocycles. The Hall–Kier alpha value is -4.28. The minimum atomic E-state index is -1.02. The van der Waals surface area contributed by atoms with Crippen LogP contribution in [0.1, 0.15) is 36.3 Å². The number of urea groups is 1. The summed E-state index contributed by atoms with van der Waals surface area (Å²) in [5.41, 5.74) is 7.82. The number of benzene rings is 1. The molecule has 37 heavy (non-hydrogen) atoms. The Balaban J connectivity index is 1.58. The minimum Gasteiger partial charge on any atom is -0.368 e. The number of hydrogen-bond acceptors (Lipinski definition) is 4. The molecule has 0 spiro atoms. The molecular weight excluding hydrogens is 474 g/mol. The average Bonchev–Trinajstić information content (AvgIpc) is 3.56. The standard InChI is InChI=1S/C26H33N7O4/c1-15(2)29-26(37)31-19-10-12-33(25(36)21-9-6-11-32(21)3)22(19)24(35)30-20(23(27)34)13-16-14-28-18-8-5-4-7-17(16)18/h4-9,11,14-15,19-20,22,28H,10,12-13H2,1-3H3,(H2,27,34)(H,30,35)(H2,29,31,37). The number of nitrogens with two attached hydrogens (primary N) is 1. The maximum atomic E-state index is 13.6. The molecule has 3 unspecified atom stereocenters. The second-order valence-electron chi connectivity index (χ2n) is 9.64. The number of hydrogen-bond donors (Lipinski definition) is 5. The van der Waals surface area contributed by atoms with Crippen molar-refractivity contribution in [3.05, 3.63) is 60.0 Å². The molecular formula is C26H33N7O4. The van der Waals surface area contributed by atoms with Gasteiger partial charge in [0.1, 0.15) is 17.8 Å². The summed E-state index contributed by atoms with van der Waals surface area (Å²) < 4.78 is 1.67. The van der Waals surface area contributed by atoms with E-state index in [1.807, 2.05) is 38.1 Å². The molecule has 196 valence electrons. The van der Waals surface area contributed by atoms with Crippen LogP contribution in [-0.2, 0) is 23.1 Å². The van der Waals surface area contributed by atoms with E-state index in [1.54, 1.807) is 36.1 Å². The first-order chi connectivity index (χ1) is 17.7. The van der Waals surface area contributed by atoms with Crippen LogP contribution in [-0.4, -0.2) is 68.9 Å². The van der Waals surface area contributed by atoms with Gasteiger partial charge in [0.15, 0.2) is 0 Å². The third kappa shape index (κ3) is 5.60. The molecule has 1 aliphatic rings. The first-order valence-corrected chi connectivity index (χ1v) is 12.3. The van der Waals surface area contributed by atoms with E-state index in [9.17, 15) is 19.2 Å². The molecule has 0 saturated carbocycles. The van der Waals surface area contributed by atoms with Crippen molar-refractivity contribution in [3.8, 4) is 0 Å². The normalized spacial score (nSPS) is 18.1. The Labute approximate surface area is 214 Å². The second-order valence-corrected chi connectivity index (χ2v) is 9.64. The summed E-state index contributed by atoms with van der Waals surface area (Å²) in [6.45, 7) is 3.91. The lowest BCUT2D eigenvalue weighted by Crippen LogP contribution is -2.59. The molecule has 3 atom stereocenters. The van der Waals surface area contributed by atoms with Crippen LogP contribution in [0, 0.1) is 0 Å². The number of amides is 5. The Morgan fingerprint density at radius 1 is 1.11 bits per heavy atom. The number of likely N-dealkylation sites (tertiary alicyclic amines) is 1. The number of nitrogens with one attached hydrogen (secondary N) is 4. The molecule has 6 N–H and O–H groups in total. The zero-order valence-electron chi connectivity index (χ0n) is 21.2. The number of aromatic amines is 1. The van der Waals surface area contributed by atoms with E-state index < -0.39 is 36.0 Å². The maximum Gasteiger partial charge on any atom is 0.315 e. The molecule has 1 fully saturated rings. The first kappa shape index (κ1) is 25.8. The van der Waals surface area contributed by atoms with E-state index in [4.69, 9.17) is 5.73 Å². The highest BCUT2D eigenvalue weighted by atomic mass is 16.2. The number of carbonyl (C=O) groups excluding carboxylic acids is 4. The van der Waals surface area contributed by atoms with Crippen LogP contribution in [0.25, 0.3) is 10.9 Å². The summed E-state index contributed by atoms with van der Waals surface area (Å²) in [5.74, 6) is -1.59. The summed E-state index contributed by atoms with van der Waals surface area (Å²) in [7, 11) is 1.74. The highest BCUT2D eigenvalue weighted by Crippen LogP contribution is 2.23. The Kier molecular flexibility index (Phi) is 7.51. The van der Waals surface area contributed by atoms with Crippen LogP contribution >= 0.6 is 0 Å². The van der Waals surface area contributed by atoms with E-state index >= 15 is 0 Å². The van der Waals surface area contributed by atoms with Gasteiger partial charge in [-0.1, -0.05) is 18.2 Å². The first-order valence-electron chi connectivity index (χ1n) is 12.3. The lowest BCUT2D eigenvalue weighted by molar-refractivity contribution is -0.130. The number of aryl methyl sites for hydroxylation is 1. The zero-order valence-corrected chi connectivity index (χ0v) is 21.2. The average molecular weight is 508 g/mol. The van der Waals surface area contributed by atoms with Gasteiger partial charge in [-0.3, -0.25) is 14.4 Å². The van der Waals surface area contributed by atoms with E-state index in [0.717, 1.165) is 16.5 Å². The van der Waals surface area contributed by atoms with Crippen molar-refractivity contribution in [2.75, 3.05) is 6.54 Å². The van der Waals surface area contributed by atoms with Crippen LogP contribution in [0.3, 0.4) is 0 Å². The number of para-hydroxylation sites is 1. The van der Waals surface area contributed by atoms with Crippen LogP contribution in [0.4, 0.5) is 4.79 Å². The van der Waals surface area contributed by atoms with Gasteiger partial charge in [-0.25, -0.2) is 4.79 Å². The molecule has 3 heterocycles. The van der Waals surface area contributed by atoms with Gasteiger partial charge in [-0.15, -0.1) is 0 Å². The summed E-state index contributed by atoms with van der Waals surface area (Å²) in [4.78, 5) is 56.4. The van der Waals surface area contributed by atoms with Gasteiger partial charge >= 0.3 is 6.03 Å². The van der Waals surface area contributed by atoms with Crippen LogP contribution in [0.2, 0.25) is 0 Å². The predicted octanol–water partition coefficient (Wildman–Crippen LogP) is 1.01. The van der Waals surface area contributed by atoms with Crippen LogP contribution in [0.5, 0.6) is 0 Å². The molecule has 1 aliphatic heterocycles. The lowest BCUT2D eigenvalue weighted by Gasteiger charge is -2.29. The second kappa shape index (κ2) is 10.8. The molecule has 3 aromatic rings. The number of fused-ring (bicyclic) bond motifs is 1. The van der Waals surface area contributed by atoms with E-state index in [-0.39, 0.29) is 24.9 Å². The molecule has 0 radical (unpaired) electrons. The highest BCUT2D eigenvalue weighted by Gasteiger charge is 2.44.